The maximum absolute atomic E-state index is 13.2. The van der Waals surface area contributed by atoms with E-state index >= 15 is 0 Å². The number of halogens is 1. The molecule has 0 N–H and O–H groups in total. The van der Waals surface area contributed by atoms with Crippen LogP contribution in [0.1, 0.15) is 36.6 Å². The number of ether oxygens (including phenoxy) is 1. The Morgan fingerprint density at radius 3 is 2.48 bits per heavy atom. The SMILES string of the molecule is CC(C)[C@H]1C(=O)N(S(C)(=O)=O)[C@H]2CCN(C(=O)c3ccc(CN4CCOCC4)o3)[C@H]12.Cl. The van der Waals surface area contributed by atoms with Crippen LogP contribution in [0.5, 0.6) is 0 Å². The van der Waals surface area contributed by atoms with Gasteiger partial charge in [0.05, 0.1) is 44.0 Å². The molecule has 174 valence electrons. The van der Waals surface area contributed by atoms with Gasteiger partial charge in [-0.3, -0.25) is 14.5 Å². The lowest BCUT2D eigenvalue weighted by Crippen LogP contribution is -2.44. The van der Waals surface area contributed by atoms with Crippen LogP contribution in [0.3, 0.4) is 0 Å². The molecule has 11 heteroatoms. The molecular formula is C20H30ClN3O6S. The third-order valence-electron chi connectivity index (χ3n) is 6.28. The molecule has 0 aliphatic carbocycles. The number of nitrogens with zero attached hydrogens (tertiary/aromatic N) is 3. The van der Waals surface area contributed by atoms with Gasteiger partial charge in [0.15, 0.2) is 5.76 Å². The van der Waals surface area contributed by atoms with Crippen molar-refractivity contribution in [3.63, 3.8) is 0 Å². The van der Waals surface area contributed by atoms with Gasteiger partial charge in [0.2, 0.25) is 15.9 Å². The highest BCUT2D eigenvalue weighted by molar-refractivity contribution is 7.88. The number of fused-ring (bicyclic) bond motifs is 1. The average Bonchev–Trinajstić information content (AvgIpc) is 3.35. The van der Waals surface area contributed by atoms with E-state index in [1.54, 1.807) is 17.0 Å². The number of rotatable bonds is 5. The molecule has 0 bridgehead atoms. The van der Waals surface area contributed by atoms with Gasteiger partial charge in [-0.15, -0.1) is 12.4 Å². The second-order valence-electron chi connectivity index (χ2n) is 8.67. The quantitative estimate of drug-likeness (QED) is 0.630. The van der Waals surface area contributed by atoms with E-state index < -0.39 is 33.9 Å². The molecule has 0 saturated carbocycles. The molecule has 2 amide bonds. The Labute approximate surface area is 189 Å². The predicted octanol–water partition coefficient (Wildman–Crippen LogP) is 1.19. The van der Waals surface area contributed by atoms with Gasteiger partial charge in [-0.1, -0.05) is 13.8 Å². The fourth-order valence-corrected chi connectivity index (χ4v) is 6.14. The molecule has 0 radical (unpaired) electrons. The van der Waals surface area contributed by atoms with E-state index in [-0.39, 0.29) is 30.0 Å². The molecule has 0 spiro atoms. The number of likely N-dealkylation sites (tertiary alicyclic amines) is 1. The Balaban J connectivity index is 0.00000272. The second-order valence-corrected chi connectivity index (χ2v) is 10.5. The molecule has 3 aliphatic rings. The molecule has 3 aliphatic heterocycles. The van der Waals surface area contributed by atoms with Gasteiger partial charge in [0, 0.05) is 19.6 Å². The van der Waals surface area contributed by atoms with Crippen molar-refractivity contribution in [2.45, 2.75) is 38.9 Å². The largest absolute Gasteiger partial charge is 0.455 e. The predicted molar refractivity (Wildman–Crippen MR) is 115 cm³/mol. The molecule has 0 unspecified atom stereocenters. The maximum atomic E-state index is 13.2. The van der Waals surface area contributed by atoms with Gasteiger partial charge in [0.25, 0.3) is 5.91 Å². The smallest absolute Gasteiger partial charge is 0.289 e. The van der Waals surface area contributed by atoms with Crippen molar-refractivity contribution in [3.8, 4) is 0 Å². The third-order valence-corrected chi connectivity index (χ3v) is 7.45. The lowest BCUT2D eigenvalue weighted by atomic mass is 9.88. The number of carbonyl (C=O) groups excluding carboxylic acids is 2. The van der Waals surface area contributed by atoms with Crippen LogP contribution in [0.4, 0.5) is 0 Å². The van der Waals surface area contributed by atoms with Gasteiger partial charge in [-0.25, -0.2) is 12.7 Å². The topological polar surface area (TPSA) is 100 Å². The molecule has 1 aromatic heterocycles. The zero-order valence-corrected chi connectivity index (χ0v) is 19.7. The van der Waals surface area contributed by atoms with Gasteiger partial charge in [-0.2, -0.15) is 0 Å². The first-order valence-electron chi connectivity index (χ1n) is 10.4. The molecule has 3 saturated heterocycles. The van der Waals surface area contributed by atoms with Crippen molar-refractivity contribution in [2.75, 3.05) is 39.1 Å². The van der Waals surface area contributed by atoms with Crippen LogP contribution in [0.15, 0.2) is 16.5 Å². The van der Waals surface area contributed by atoms with Crippen molar-refractivity contribution in [2.24, 2.45) is 11.8 Å². The van der Waals surface area contributed by atoms with Gasteiger partial charge in [0.1, 0.15) is 5.76 Å². The molecule has 3 atom stereocenters. The van der Waals surface area contributed by atoms with E-state index in [9.17, 15) is 18.0 Å². The summed E-state index contributed by atoms with van der Waals surface area (Å²) in [5.41, 5.74) is 0. The molecule has 1 aromatic rings. The molecule has 31 heavy (non-hydrogen) atoms. The van der Waals surface area contributed by atoms with Crippen molar-refractivity contribution in [3.05, 3.63) is 23.7 Å². The molecule has 9 nitrogen and oxygen atoms in total. The first-order chi connectivity index (χ1) is 14.2. The van der Waals surface area contributed by atoms with E-state index in [1.807, 2.05) is 13.8 Å². The van der Waals surface area contributed by atoms with Crippen molar-refractivity contribution in [1.29, 1.82) is 0 Å². The van der Waals surface area contributed by atoms with Crippen LogP contribution in [-0.4, -0.2) is 85.5 Å². The van der Waals surface area contributed by atoms with E-state index in [1.165, 1.54) is 0 Å². The molecular weight excluding hydrogens is 446 g/mol. The van der Waals surface area contributed by atoms with Crippen LogP contribution in [0.25, 0.3) is 0 Å². The first kappa shape index (κ1) is 24.0. The molecule has 4 heterocycles. The zero-order valence-electron chi connectivity index (χ0n) is 18.0. The van der Waals surface area contributed by atoms with Gasteiger partial charge >= 0.3 is 0 Å². The van der Waals surface area contributed by atoms with E-state index in [0.29, 0.717) is 38.5 Å². The number of hydrogen-bond donors (Lipinski definition) is 0. The first-order valence-corrected chi connectivity index (χ1v) is 12.3. The summed E-state index contributed by atoms with van der Waals surface area (Å²) >= 11 is 0. The van der Waals surface area contributed by atoms with Crippen LogP contribution in [-0.2, 0) is 26.1 Å². The number of hydrogen-bond acceptors (Lipinski definition) is 7. The average molecular weight is 476 g/mol. The van der Waals surface area contributed by atoms with E-state index in [2.05, 4.69) is 4.90 Å². The van der Waals surface area contributed by atoms with Crippen LogP contribution >= 0.6 is 12.4 Å². The highest BCUT2D eigenvalue weighted by Gasteiger charge is 2.58. The van der Waals surface area contributed by atoms with Crippen LogP contribution in [0.2, 0.25) is 0 Å². The summed E-state index contributed by atoms with van der Waals surface area (Å²) in [6.07, 6.45) is 1.50. The van der Waals surface area contributed by atoms with Gasteiger partial charge < -0.3 is 14.1 Å². The van der Waals surface area contributed by atoms with Crippen LogP contribution in [0, 0.1) is 11.8 Å². The third kappa shape index (κ3) is 4.48. The Kier molecular flexibility index (Phi) is 7.05. The van der Waals surface area contributed by atoms with Crippen molar-refractivity contribution >= 4 is 34.2 Å². The number of morpholine rings is 1. The number of sulfonamides is 1. The minimum absolute atomic E-state index is 0. The number of amides is 2. The minimum Gasteiger partial charge on any atom is -0.455 e. The standard InChI is InChI=1S/C20H29N3O6S.ClH/c1-13(2)17-18-15(23(20(17)25)30(3,26)27)6-7-22(18)19(24)16-5-4-14(29-16)12-21-8-10-28-11-9-21;/h4-5,13,15,17-18H,6-12H2,1-3H3;1H/t15-,17+,18-;/m0./s1. The monoisotopic (exact) mass is 475 g/mol. The normalized spacial score (nSPS) is 27.0. The highest BCUT2D eigenvalue weighted by Crippen LogP contribution is 2.41. The highest BCUT2D eigenvalue weighted by atomic mass is 35.5. The number of carbonyl (C=O) groups is 2. The summed E-state index contributed by atoms with van der Waals surface area (Å²) in [4.78, 5) is 30.0. The summed E-state index contributed by atoms with van der Waals surface area (Å²) in [6, 6.07) is 2.50. The Morgan fingerprint density at radius 1 is 1.19 bits per heavy atom. The lowest BCUT2D eigenvalue weighted by Gasteiger charge is -2.28. The zero-order chi connectivity index (χ0) is 21.6. The summed E-state index contributed by atoms with van der Waals surface area (Å²) in [6.45, 7) is 7.79. The molecule has 3 fully saturated rings. The minimum atomic E-state index is -3.69. The fourth-order valence-electron chi connectivity index (χ4n) is 4.97. The Morgan fingerprint density at radius 2 is 1.87 bits per heavy atom. The summed E-state index contributed by atoms with van der Waals surface area (Å²) in [7, 11) is -3.69. The number of furan rings is 1. The summed E-state index contributed by atoms with van der Waals surface area (Å²) in [5.74, 6) is -0.391. The second kappa shape index (κ2) is 9.09. The van der Waals surface area contributed by atoms with E-state index in [4.69, 9.17) is 9.15 Å². The summed E-state index contributed by atoms with van der Waals surface area (Å²) in [5, 5.41) is 0. The van der Waals surface area contributed by atoms with Gasteiger partial charge in [-0.05, 0) is 24.5 Å². The van der Waals surface area contributed by atoms with Crippen molar-refractivity contribution < 1.29 is 27.2 Å². The molecule has 4 rings (SSSR count). The van der Waals surface area contributed by atoms with Crippen LogP contribution < -0.4 is 0 Å². The maximum Gasteiger partial charge on any atom is 0.289 e. The molecule has 0 aromatic carbocycles. The fraction of sp³-hybridized carbons (Fsp3) is 0.700. The van der Waals surface area contributed by atoms with Crippen molar-refractivity contribution in [1.82, 2.24) is 14.1 Å². The summed E-state index contributed by atoms with van der Waals surface area (Å²) < 4.78 is 36.7. The Bertz CT molecular complexity index is 927. The van der Waals surface area contributed by atoms with E-state index in [0.717, 1.165) is 23.7 Å². The lowest BCUT2D eigenvalue weighted by molar-refractivity contribution is -0.129. The Hall–Kier alpha value is -1.62.